The highest BCUT2D eigenvalue weighted by Gasteiger charge is 2.10. The number of nitrogens with one attached hydrogen (secondary N) is 1. The number of aryl methyl sites for hydroxylation is 1. The number of aromatic carboxylic acids is 1. The van der Waals surface area contributed by atoms with E-state index in [1.54, 1.807) is 20.3 Å². The molecule has 0 atom stereocenters. The lowest BCUT2D eigenvalue weighted by Gasteiger charge is -1.90. The fourth-order valence-corrected chi connectivity index (χ4v) is 0.786. The van der Waals surface area contributed by atoms with Gasteiger partial charge in [-0.05, 0) is 0 Å². The van der Waals surface area contributed by atoms with Crippen molar-refractivity contribution >= 4 is 11.8 Å². The average Bonchev–Trinajstić information content (AvgIpc) is 2.50. The second-order valence-electron chi connectivity index (χ2n) is 2.12. The summed E-state index contributed by atoms with van der Waals surface area (Å²) in [4.78, 5) is 14.2. The summed E-state index contributed by atoms with van der Waals surface area (Å²) in [5.74, 6) is -0.423. The Bertz CT molecular complexity index is 281. The van der Waals surface area contributed by atoms with Gasteiger partial charge in [0.25, 0.3) is 0 Å². The topological polar surface area (TPSA) is 67.2 Å². The van der Waals surface area contributed by atoms with Crippen molar-refractivity contribution in [3.8, 4) is 0 Å². The Balaban J connectivity index is 0.000000671. The van der Waals surface area contributed by atoms with Gasteiger partial charge in [-0.2, -0.15) is 0 Å². The van der Waals surface area contributed by atoms with Gasteiger partial charge in [-0.15, -0.1) is 0 Å². The zero-order chi connectivity index (χ0) is 10.4. The highest BCUT2D eigenvalue weighted by molar-refractivity contribution is 5.84. The number of hydrogen-bond donors (Lipinski definition) is 2. The molecule has 0 saturated carbocycles. The summed E-state index contributed by atoms with van der Waals surface area (Å²) in [6, 6.07) is 0. The molecule has 0 aromatic carbocycles. The highest BCUT2D eigenvalue weighted by Crippen LogP contribution is 2.04. The molecule has 1 rings (SSSR count). The largest absolute Gasteiger partial charge is 0.475 e. The van der Waals surface area contributed by atoms with Gasteiger partial charge < -0.3 is 15.0 Å². The molecule has 0 radical (unpaired) electrons. The molecule has 2 N–H and O–H groups in total. The molecule has 5 nitrogen and oxygen atoms in total. The van der Waals surface area contributed by atoms with Crippen LogP contribution in [0.15, 0.2) is 6.20 Å². The Hall–Kier alpha value is -1.52. The van der Waals surface area contributed by atoms with Crippen molar-refractivity contribution in [1.82, 2.24) is 9.55 Å². The van der Waals surface area contributed by atoms with E-state index in [0.29, 0.717) is 5.82 Å². The Labute approximate surface area is 77.4 Å². The summed E-state index contributed by atoms with van der Waals surface area (Å²) < 4.78 is 1.45. The smallest absolute Gasteiger partial charge is 0.372 e. The molecule has 1 aromatic rings. The lowest BCUT2D eigenvalue weighted by molar-refractivity contribution is 0.0680. The van der Waals surface area contributed by atoms with Gasteiger partial charge >= 0.3 is 5.97 Å². The van der Waals surface area contributed by atoms with Crippen molar-refractivity contribution in [3.63, 3.8) is 0 Å². The van der Waals surface area contributed by atoms with Gasteiger partial charge in [-0.25, -0.2) is 9.78 Å². The van der Waals surface area contributed by atoms with Gasteiger partial charge in [0, 0.05) is 20.3 Å². The first-order valence-electron chi connectivity index (χ1n) is 4.09. The first-order valence-corrected chi connectivity index (χ1v) is 4.09. The lowest BCUT2D eigenvalue weighted by atomic mass is 10.6. The number of imidazole rings is 1. The molecule has 1 aromatic heterocycles. The Morgan fingerprint density at radius 1 is 1.62 bits per heavy atom. The lowest BCUT2D eigenvalue weighted by Crippen LogP contribution is -2.05. The predicted molar refractivity (Wildman–Crippen MR) is 51.1 cm³/mol. The van der Waals surface area contributed by atoms with E-state index >= 15 is 0 Å². The quantitative estimate of drug-likeness (QED) is 0.726. The minimum Gasteiger partial charge on any atom is -0.475 e. The van der Waals surface area contributed by atoms with E-state index in [9.17, 15) is 4.79 Å². The van der Waals surface area contributed by atoms with Crippen LogP contribution in [0.2, 0.25) is 0 Å². The summed E-state index contributed by atoms with van der Waals surface area (Å²) in [6.07, 6.45) is 1.61. The minimum absolute atomic E-state index is 0.0364. The first kappa shape index (κ1) is 11.5. The SMILES string of the molecule is CC.CNc1cn(C)c(C(=O)O)n1. The number of nitrogens with zero attached hydrogens (tertiary/aromatic N) is 2. The van der Waals surface area contributed by atoms with Crippen LogP contribution in [-0.2, 0) is 7.05 Å². The summed E-state index contributed by atoms with van der Waals surface area (Å²) in [7, 11) is 3.32. The number of rotatable bonds is 2. The molecular weight excluding hydrogens is 170 g/mol. The zero-order valence-corrected chi connectivity index (χ0v) is 8.33. The van der Waals surface area contributed by atoms with Gasteiger partial charge in [-0.3, -0.25) is 0 Å². The van der Waals surface area contributed by atoms with Crippen molar-refractivity contribution in [1.29, 1.82) is 0 Å². The Morgan fingerprint density at radius 3 is 2.38 bits per heavy atom. The standard InChI is InChI=1S/C6H9N3O2.C2H6/c1-7-4-3-9(2)5(8-4)6(10)11;1-2/h3,7H,1-2H3,(H,10,11);1-2H3. The molecule has 0 unspecified atom stereocenters. The minimum atomic E-state index is -1.02. The molecule has 0 spiro atoms. The van der Waals surface area contributed by atoms with E-state index in [1.807, 2.05) is 13.8 Å². The molecule has 1 heterocycles. The van der Waals surface area contributed by atoms with Crippen molar-refractivity contribution in [3.05, 3.63) is 12.0 Å². The van der Waals surface area contributed by atoms with Crippen LogP contribution in [0.4, 0.5) is 5.82 Å². The first-order chi connectivity index (χ1) is 6.15. The number of anilines is 1. The molecular formula is C8H15N3O2. The molecule has 74 valence electrons. The summed E-state index contributed by atoms with van der Waals surface area (Å²) in [5, 5.41) is 11.3. The summed E-state index contributed by atoms with van der Waals surface area (Å²) in [6.45, 7) is 4.00. The van der Waals surface area contributed by atoms with Gasteiger partial charge in [0.15, 0.2) is 0 Å². The van der Waals surface area contributed by atoms with Crippen molar-refractivity contribution < 1.29 is 9.90 Å². The molecule has 0 aliphatic carbocycles. The highest BCUT2D eigenvalue weighted by atomic mass is 16.4. The third-order valence-electron chi connectivity index (χ3n) is 1.32. The van der Waals surface area contributed by atoms with Crippen LogP contribution in [0.1, 0.15) is 24.5 Å². The molecule has 5 heteroatoms. The fourth-order valence-electron chi connectivity index (χ4n) is 0.786. The van der Waals surface area contributed by atoms with Crippen LogP contribution in [0.25, 0.3) is 0 Å². The van der Waals surface area contributed by atoms with Gasteiger partial charge in [0.2, 0.25) is 5.82 Å². The zero-order valence-electron chi connectivity index (χ0n) is 8.33. The van der Waals surface area contributed by atoms with Crippen LogP contribution in [0.5, 0.6) is 0 Å². The second kappa shape index (κ2) is 5.18. The van der Waals surface area contributed by atoms with Gasteiger partial charge in [0.1, 0.15) is 5.82 Å². The van der Waals surface area contributed by atoms with Crippen LogP contribution in [0.3, 0.4) is 0 Å². The van der Waals surface area contributed by atoms with Crippen LogP contribution >= 0.6 is 0 Å². The Morgan fingerprint density at radius 2 is 2.15 bits per heavy atom. The maximum Gasteiger partial charge on any atom is 0.372 e. The molecule has 0 aliphatic rings. The van der Waals surface area contributed by atoms with Gasteiger partial charge in [0.05, 0.1) is 0 Å². The van der Waals surface area contributed by atoms with E-state index in [0.717, 1.165) is 0 Å². The van der Waals surface area contributed by atoms with E-state index < -0.39 is 5.97 Å². The van der Waals surface area contributed by atoms with E-state index in [2.05, 4.69) is 10.3 Å². The van der Waals surface area contributed by atoms with E-state index in [1.165, 1.54) is 4.57 Å². The summed E-state index contributed by atoms with van der Waals surface area (Å²) >= 11 is 0. The van der Waals surface area contributed by atoms with Crippen molar-refractivity contribution in [2.75, 3.05) is 12.4 Å². The van der Waals surface area contributed by atoms with Crippen molar-refractivity contribution in [2.45, 2.75) is 13.8 Å². The maximum absolute atomic E-state index is 10.4. The number of carbonyl (C=O) groups is 1. The third-order valence-corrected chi connectivity index (χ3v) is 1.32. The number of hydrogen-bond acceptors (Lipinski definition) is 3. The van der Waals surface area contributed by atoms with Crippen molar-refractivity contribution in [2.24, 2.45) is 7.05 Å². The van der Waals surface area contributed by atoms with E-state index in [4.69, 9.17) is 5.11 Å². The molecule has 0 amide bonds. The number of carboxylic acid groups (broad SMARTS) is 1. The molecule has 0 aliphatic heterocycles. The molecule has 0 bridgehead atoms. The average molecular weight is 185 g/mol. The Kier molecular flexibility index (Phi) is 4.58. The number of carboxylic acids is 1. The van der Waals surface area contributed by atoms with Crippen LogP contribution in [-0.4, -0.2) is 27.7 Å². The fraction of sp³-hybridized carbons (Fsp3) is 0.500. The third kappa shape index (κ3) is 2.77. The van der Waals surface area contributed by atoms with E-state index in [-0.39, 0.29) is 5.82 Å². The van der Waals surface area contributed by atoms with Gasteiger partial charge in [-0.1, -0.05) is 13.8 Å². The second-order valence-corrected chi connectivity index (χ2v) is 2.12. The van der Waals surface area contributed by atoms with Crippen LogP contribution < -0.4 is 5.32 Å². The molecule has 0 saturated heterocycles. The van der Waals surface area contributed by atoms with Crippen LogP contribution in [0, 0.1) is 0 Å². The molecule has 13 heavy (non-hydrogen) atoms. The predicted octanol–water partition coefficient (Wildman–Crippen LogP) is 1.19. The normalized spacial score (nSPS) is 8.62. The number of aromatic nitrogens is 2. The molecule has 0 fully saturated rings. The monoisotopic (exact) mass is 185 g/mol. The summed E-state index contributed by atoms with van der Waals surface area (Å²) in [5.41, 5.74) is 0. The maximum atomic E-state index is 10.4.